The summed E-state index contributed by atoms with van der Waals surface area (Å²) < 4.78 is 0.863. The molecule has 0 fully saturated rings. The number of hydrogen-bond acceptors (Lipinski definition) is 3. The fourth-order valence-electron chi connectivity index (χ4n) is 2.60. The molecule has 2 aromatic carbocycles. The highest BCUT2D eigenvalue weighted by Gasteiger charge is 2.46. The Hall–Kier alpha value is -1.98. The van der Waals surface area contributed by atoms with E-state index in [0.29, 0.717) is 16.8 Å². The largest absolute Gasteiger partial charge is 0.375 e. The summed E-state index contributed by atoms with van der Waals surface area (Å²) in [5, 5.41) is 13.4. The van der Waals surface area contributed by atoms with Crippen LogP contribution in [0.25, 0.3) is 0 Å². The number of aryl methyl sites for hydroxylation is 1. The Bertz CT molecular complexity index is 770. The number of fused-ring (bicyclic) bond motifs is 1. The Morgan fingerprint density at radius 3 is 2.59 bits per heavy atom. The molecule has 2 aromatic rings. The zero-order valence-corrected chi connectivity index (χ0v) is 13.5. The molecule has 22 heavy (non-hydrogen) atoms. The fourth-order valence-corrected chi connectivity index (χ4v) is 2.87. The number of carbonyl (C=O) groups is 2. The normalized spacial score (nSPS) is 19.7. The SMILES string of the molecule is Cc1ccc2c(c1)C(O)(CC(=O)c1ccc(Br)cc1)C(=O)N2. The number of carbonyl (C=O) groups excluding carboxylic acids is 2. The fraction of sp³-hybridized carbons (Fsp3) is 0.176. The van der Waals surface area contributed by atoms with Gasteiger partial charge in [0.25, 0.3) is 5.91 Å². The lowest BCUT2D eigenvalue weighted by Gasteiger charge is -2.20. The van der Waals surface area contributed by atoms with Crippen LogP contribution in [0.3, 0.4) is 0 Å². The minimum Gasteiger partial charge on any atom is -0.375 e. The molecule has 0 bridgehead atoms. The van der Waals surface area contributed by atoms with Gasteiger partial charge in [0, 0.05) is 21.3 Å². The summed E-state index contributed by atoms with van der Waals surface area (Å²) in [4.78, 5) is 24.6. The predicted molar refractivity (Wildman–Crippen MR) is 86.8 cm³/mol. The van der Waals surface area contributed by atoms with Crippen LogP contribution in [0.1, 0.15) is 27.9 Å². The smallest absolute Gasteiger partial charge is 0.261 e. The molecule has 0 saturated carbocycles. The van der Waals surface area contributed by atoms with Gasteiger partial charge in [-0.1, -0.05) is 45.8 Å². The number of amides is 1. The number of rotatable bonds is 3. The first-order valence-corrected chi connectivity index (χ1v) is 7.63. The van der Waals surface area contributed by atoms with Gasteiger partial charge in [0.2, 0.25) is 0 Å². The van der Waals surface area contributed by atoms with E-state index in [9.17, 15) is 14.7 Å². The molecule has 0 aromatic heterocycles. The first-order chi connectivity index (χ1) is 10.4. The summed E-state index contributed by atoms with van der Waals surface area (Å²) in [6.45, 7) is 1.88. The molecule has 0 spiro atoms. The first kappa shape index (κ1) is 14.9. The molecule has 3 rings (SSSR count). The molecule has 0 aliphatic carbocycles. The monoisotopic (exact) mass is 359 g/mol. The maximum absolute atomic E-state index is 12.4. The van der Waals surface area contributed by atoms with Crippen LogP contribution < -0.4 is 5.32 Å². The number of anilines is 1. The van der Waals surface area contributed by atoms with Crippen molar-refractivity contribution in [1.29, 1.82) is 0 Å². The third-order valence-electron chi connectivity index (χ3n) is 3.83. The van der Waals surface area contributed by atoms with Crippen molar-refractivity contribution in [3.8, 4) is 0 Å². The lowest BCUT2D eigenvalue weighted by molar-refractivity contribution is -0.133. The molecule has 0 saturated heterocycles. The molecular weight excluding hydrogens is 346 g/mol. The molecule has 1 atom stereocenters. The molecule has 2 N–H and O–H groups in total. The van der Waals surface area contributed by atoms with Crippen LogP contribution in [0.4, 0.5) is 5.69 Å². The van der Waals surface area contributed by atoms with Crippen LogP contribution in [-0.4, -0.2) is 16.8 Å². The van der Waals surface area contributed by atoms with Crippen LogP contribution >= 0.6 is 15.9 Å². The summed E-state index contributed by atoms with van der Waals surface area (Å²) >= 11 is 3.31. The molecule has 0 radical (unpaired) electrons. The number of benzene rings is 2. The Kier molecular flexibility index (Phi) is 3.62. The number of halogens is 1. The van der Waals surface area contributed by atoms with Gasteiger partial charge in [-0.2, -0.15) is 0 Å². The van der Waals surface area contributed by atoms with Gasteiger partial charge in [-0.3, -0.25) is 9.59 Å². The molecule has 1 heterocycles. The van der Waals surface area contributed by atoms with Crippen LogP contribution in [-0.2, 0) is 10.4 Å². The molecule has 5 heteroatoms. The highest BCUT2D eigenvalue weighted by Crippen LogP contribution is 2.39. The van der Waals surface area contributed by atoms with Crippen LogP contribution in [0.2, 0.25) is 0 Å². The van der Waals surface area contributed by atoms with Gasteiger partial charge in [-0.05, 0) is 25.1 Å². The van der Waals surface area contributed by atoms with E-state index >= 15 is 0 Å². The van der Waals surface area contributed by atoms with Gasteiger partial charge in [0.15, 0.2) is 11.4 Å². The van der Waals surface area contributed by atoms with E-state index in [1.165, 1.54) is 0 Å². The number of nitrogens with one attached hydrogen (secondary N) is 1. The summed E-state index contributed by atoms with van der Waals surface area (Å²) in [5.74, 6) is -0.835. The number of ketones is 1. The van der Waals surface area contributed by atoms with Crippen LogP contribution in [0.15, 0.2) is 46.9 Å². The predicted octanol–water partition coefficient (Wildman–Crippen LogP) is 3.17. The van der Waals surface area contributed by atoms with Gasteiger partial charge in [0.1, 0.15) is 0 Å². The maximum atomic E-state index is 12.4. The number of aliphatic hydroxyl groups is 1. The summed E-state index contributed by atoms with van der Waals surface area (Å²) in [6, 6.07) is 12.2. The average molecular weight is 360 g/mol. The Labute approximate surface area is 136 Å². The minimum atomic E-state index is -1.81. The topological polar surface area (TPSA) is 66.4 Å². The third-order valence-corrected chi connectivity index (χ3v) is 4.36. The van der Waals surface area contributed by atoms with Crippen molar-refractivity contribution in [3.63, 3.8) is 0 Å². The average Bonchev–Trinajstić information content (AvgIpc) is 2.71. The minimum absolute atomic E-state index is 0.278. The molecular formula is C17H14BrNO3. The third kappa shape index (κ3) is 2.46. The van der Waals surface area contributed by atoms with E-state index in [2.05, 4.69) is 21.2 Å². The van der Waals surface area contributed by atoms with Crippen LogP contribution in [0.5, 0.6) is 0 Å². The Morgan fingerprint density at radius 1 is 1.23 bits per heavy atom. The van der Waals surface area contributed by atoms with Gasteiger partial charge >= 0.3 is 0 Å². The second-order valence-corrected chi connectivity index (χ2v) is 6.39. The van der Waals surface area contributed by atoms with Gasteiger partial charge in [0.05, 0.1) is 6.42 Å². The van der Waals surface area contributed by atoms with Crippen molar-refractivity contribution in [2.24, 2.45) is 0 Å². The molecule has 1 amide bonds. The summed E-state index contributed by atoms with van der Waals surface area (Å²) in [6.07, 6.45) is -0.281. The van der Waals surface area contributed by atoms with Crippen LogP contribution in [0, 0.1) is 6.92 Å². The van der Waals surface area contributed by atoms with E-state index in [4.69, 9.17) is 0 Å². The maximum Gasteiger partial charge on any atom is 0.261 e. The molecule has 1 aliphatic heterocycles. The van der Waals surface area contributed by atoms with Gasteiger partial charge < -0.3 is 10.4 Å². The van der Waals surface area contributed by atoms with E-state index in [0.717, 1.165) is 10.0 Å². The number of Topliss-reactive ketones (excluding diaryl/α,β-unsaturated/α-hetero) is 1. The molecule has 1 unspecified atom stereocenters. The van der Waals surface area contributed by atoms with E-state index < -0.39 is 11.5 Å². The van der Waals surface area contributed by atoms with Crippen molar-refractivity contribution in [2.75, 3.05) is 5.32 Å². The zero-order valence-electron chi connectivity index (χ0n) is 11.9. The summed E-state index contributed by atoms with van der Waals surface area (Å²) in [7, 11) is 0. The Morgan fingerprint density at radius 2 is 1.91 bits per heavy atom. The molecule has 112 valence electrons. The van der Waals surface area contributed by atoms with Crippen molar-refractivity contribution < 1.29 is 14.7 Å². The van der Waals surface area contributed by atoms with E-state index in [-0.39, 0.29) is 12.2 Å². The zero-order chi connectivity index (χ0) is 15.9. The molecule has 4 nitrogen and oxygen atoms in total. The van der Waals surface area contributed by atoms with Crippen molar-refractivity contribution in [3.05, 3.63) is 63.6 Å². The van der Waals surface area contributed by atoms with E-state index in [1.54, 1.807) is 36.4 Å². The van der Waals surface area contributed by atoms with Crippen molar-refractivity contribution >= 4 is 33.3 Å². The van der Waals surface area contributed by atoms with Crippen molar-refractivity contribution in [1.82, 2.24) is 0 Å². The molecule has 1 aliphatic rings. The summed E-state index contributed by atoms with van der Waals surface area (Å²) in [5.41, 5.74) is 0.589. The van der Waals surface area contributed by atoms with Gasteiger partial charge in [-0.15, -0.1) is 0 Å². The lowest BCUT2D eigenvalue weighted by atomic mass is 9.87. The van der Waals surface area contributed by atoms with E-state index in [1.807, 2.05) is 13.0 Å². The second-order valence-electron chi connectivity index (χ2n) is 5.47. The quantitative estimate of drug-likeness (QED) is 0.827. The van der Waals surface area contributed by atoms with Crippen molar-refractivity contribution in [2.45, 2.75) is 18.9 Å². The highest BCUT2D eigenvalue weighted by molar-refractivity contribution is 9.10. The standard InChI is InChI=1S/C17H14BrNO3/c1-10-2-7-14-13(8-10)17(22,16(21)19-14)9-15(20)11-3-5-12(18)6-4-11/h2-8,22H,9H2,1H3,(H,19,21). The first-order valence-electron chi connectivity index (χ1n) is 6.84. The Balaban J connectivity index is 1.94. The van der Waals surface area contributed by atoms with Gasteiger partial charge in [-0.25, -0.2) is 0 Å². The second kappa shape index (κ2) is 5.34. The highest BCUT2D eigenvalue weighted by atomic mass is 79.9. The number of hydrogen-bond donors (Lipinski definition) is 2. The lowest BCUT2D eigenvalue weighted by Crippen LogP contribution is -2.36.